The first-order valence-electron chi connectivity index (χ1n) is 22.5. The minimum atomic E-state index is -0.363. The molecule has 0 spiro atoms. The Morgan fingerprint density at radius 3 is 1.11 bits per heavy atom. The molecular formula is C46H92O8. The average molecular weight is 773 g/mol. The summed E-state index contributed by atoms with van der Waals surface area (Å²) < 4.78 is 23.4. The zero-order valence-corrected chi connectivity index (χ0v) is 36.9. The first kappa shape index (κ1) is 51.7. The van der Waals surface area contributed by atoms with Crippen LogP contribution in [0.15, 0.2) is 0 Å². The fourth-order valence-electron chi connectivity index (χ4n) is 7.20. The van der Waals surface area contributed by atoms with Crippen molar-refractivity contribution in [2.75, 3.05) is 39.6 Å². The molecule has 0 saturated carbocycles. The van der Waals surface area contributed by atoms with Gasteiger partial charge in [-0.05, 0) is 112 Å². The predicted octanol–water partition coefficient (Wildman–Crippen LogP) is 10.9. The van der Waals surface area contributed by atoms with E-state index in [4.69, 9.17) is 18.9 Å². The summed E-state index contributed by atoms with van der Waals surface area (Å²) in [5, 5.41) is 38.3. The standard InChI is InChI=1S/C28H54O4.C18H38O4/c1-27(2,23-31-25-17-11-15-21-29-25)19-13-9-7-5-6-8-10-14-20-28(3,4)24-32-26-18-12-16-22-30-26;1-17(2,13-19)11-5-7-15(21)9-10-16(22)8-6-12-18(3,4)14-20/h25-26H,5-24H2,1-4H3;15-16,19-22H,5-14H2,1-4H3. The summed E-state index contributed by atoms with van der Waals surface area (Å²) in [7, 11) is 0. The smallest absolute Gasteiger partial charge is 0.157 e. The molecule has 2 fully saturated rings. The van der Waals surface area contributed by atoms with Crippen molar-refractivity contribution in [3.8, 4) is 0 Å². The minimum Gasteiger partial charge on any atom is -0.396 e. The van der Waals surface area contributed by atoms with Crippen molar-refractivity contribution in [1.29, 1.82) is 0 Å². The molecule has 8 nitrogen and oxygen atoms in total. The van der Waals surface area contributed by atoms with Crippen molar-refractivity contribution in [2.24, 2.45) is 21.7 Å². The van der Waals surface area contributed by atoms with Crippen LogP contribution in [-0.4, -0.2) is 84.9 Å². The number of hydrogen-bond donors (Lipinski definition) is 4. The van der Waals surface area contributed by atoms with Gasteiger partial charge in [-0.25, -0.2) is 0 Å². The SMILES string of the molecule is CC(C)(CCCCCCCCCCC(C)(C)COC1CCCCO1)COC1CCCCO1.CC(C)(CO)CCCC(O)CCC(O)CCCC(C)(C)CO. The van der Waals surface area contributed by atoms with Gasteiger partial charge >= 0.3 is 0 Å². The van der Waals surface area contributed by atoms with Gasteiger partial charge in [-0.1, -0.05) is 120 Å². The molecule has 0 radical (unpaired) electrons. The molecule has 0 amide bonds. The van der Waals surface area contributed by atoms with Crippen LogP contribution in [0, 0.1) is 21.7 Å². The van der Waals surface area contributed by atoms with E-state index in [1.165, 1.54) is 89.9 Å². The third-order valence-corrected chi connectivity index (χ3v) is 11.5. The number of ether oxygens (including phenoxy) is 4. The molecule has 0 aromatic rings. The minimum absolute atomic E-state index is 0.0482. The van der Waals surface area contributed by atoms with E-state index >= 15 is 0 Å². The molecule has 4 N–H and O–H groups in total. The molecule has 0 aliphatic carbocycles. The third-order valence-electron chi connectivity index (χ3n) is 11.5. The number of aliphatic hydroxyl groups is 4. The quantitative estimate of drug-likeness (QED) is 0.0533. The molecule has 54 heavy (non-hydrogen) atoms. The molecule has 324 valence electrons. The number of hydrogen-bond acceptors (Lipinski definition) is 8. The van der Waals surface area contributed by atoms with Crippen molar-refractivity contribution >= 4 is 0 Å². The summed E-state index contributed by atoms with van der Waals surface area (Å²) >= 11 is 0. The molecule has 2 aliphatic heterocycles. The Morgan fingerprint density at radius 1 is 0.463 bits per heavy atom. The van der Waals surface area contributed by atoms with Crippen molar-refractivity contribution in [3.63, 3.8) is 0 Å². The monoisotopic (exact) mass is 773 g/mol. The van der Waals surface area contributed by atoms with Crippen LogP contribution in [0.1, 0.15) is 209 Å². The van der Waals surface area contributed by atoms with E-state index in [1.807, 2.05) is 27.7 Å². The first-order chi connectivity index (χ1) is 25.5. The third kappa shape index (κ3) is 29.0. The predicted molar refractivity (Wildman–Crippen MR) is 224 cm³/mol. The maximum absolute atomic E-state index is 9.95. The van der Waals surface area contributed by atoms with Crippen LogP contribution < -0.4 is 0 Å². The lowest BCUT2D eigenvalue weighted by Crippen LogP contribution is -2.28. The molecule has 0 aromatic carbocycles. The Kier molecular flexibility index (Phi) is 27.7. The molecule has 2 saturated heterocycles. The van der Waals surface area contributed by atoms with Gasteiger partial charge < -0.3 is 39.4 Å². The molecule has 2 aliphatic rings. The van der Waals surface area contributed by atoms with Gasteiger partial charge in [0, 0.05) is 26.4 Å². The van der Waals surface area contributed by atoms with E-state index in [1.54, 1.807) is 0 Å². The second-order valence-corrected chi connectivity index (χ2v) is 20.2. The molecule has 2 rings (SSSR count). The zero-order valence-electron chi connectivity index (χ0n) is 36.9. The van der Waals surface area contributed by atoms with Crippen LogP contribution in [0.4, 0.5) is 0 Å². The molecule has 4 unspecified atom stereocenters. The van der Waals surface area contributed by atoms with Crippen LogP contribution in [0.25, 0.3) is 0 Å². The highest BCUT2D eigenvalue weighted by atomic mass is 16.7. The fraction of sp³-hybridized carbons (Fsp3) is 1.00. The highest BCUT2D eigenvalue weighted by Crippen LogP contribution is 2.29. The summed E-state index contributed by atoms with van der Waals surface area (Å²) in [6, 6.07) is 0. The molecular weight excluding hydrogens is 680 g/mol. The van der Waals surface area contributed by atoms with Gasteiger partial charge in [0.15, 0.2) is 12.6 Å². The van der Waals surface area contributed by atoms with E-state index in [0.717, 1.165) is 77.8 Å². The van der Waals surface area contributed by atoms with E-state index in [-0.39, 0.29) is 59.7 Å². The zero-order chi connectivity index (χ0) is 40.4. The lowest BCUT2D eigenvalue weighted by molar-refractivity contribution is -0.176. The van der Waals surface area contributed by atoms with Gasteiger partial charge in [0.05, 0.1) is 25.4 Å². The van der Waals surface area contributed by atoms with Crippen LogP contribution >= 0.6 is 0 Å². The van der Waals surface area contributed by atoms with Crippen LogP contribution in [0.2, 0.25) is 0 Å². The molecule has 2 heterocycles. The molecule has 8 heteroatoms. The number of rotatable bonds is 30. The second-order valence-electron chi connectivity index (χ2n) is 20.2. The Bertz CT molecular complexity index is 793. The van der Waals surface area contributed by atoms with Crippen molar-refractivity contribution in [1.82, 2.24) is 0 Å². The van der Waals surface area contributed by atoms with Crippen LogP contribution in [0.5, 0.6) is 0 Å². The van der Waals surface area contributed by atoms with Gasteiger partial charge in [0.25, 0.3) is 0 Å². The van der Waals surface area contributed by atoms with Crippen LogP contribution in [-0.2, 0) is 18.9 Å². The average Bonchev–Trinajstić information content (AvgIpc) is 3.14. The number of unbranched alkanes of at least 4 members (excludes halogenated alkanes) is 7. The maximum Gasteiger partial charge on any atom is 0.157 e. The summed E-state index contributed by atoms with van der Waals surface area (Å²) in [5.41, 5.74) is 0.387. The van der Waals surface area contributed by atoms with Gasteiger partial charge in [-0.2, -0.15) is 0 Å². The summed E-state index contributed by atoms with van der Waals surface area (Å²) in [6.45, 7) is 21.2. The van der Waals surface area contributed by atoms with Crippen molar-refractivity contribution in [2.45, 2.75) is 234 Å². The van der Waals surface area contributed by atoms with E-state index in [0.29, 0.717) is 12.8 Å². The van der Waals surface area contributed by atoms with Gasteiger partial charge in [0.1, 0.15) is 0 Å². The Hall–Kier alpha value is -0.320. The largest absolute Gasteiger partial charge is 0.396 e. The topological polar surface area (TPSA) is 118 Å². The molecule has 0 bridgehead atoms. The van der Waals surface area contributed by atoms with Crippen molar-refractivity contribution < 1.29 is 39.4 Å². The maximum atomic E-state index is 9.95. The van der Waals surface area contributed by atoms with Crippen molar-refractivity contribution in [3.05, 3.63) is 0 Å². The highest BCUT2D eigenvalue weighted by Gasteiger charge is 2.24. The van der Waals surface area contributed by atoms with Gasteiger partial charge in [0.2, 0.25) is 0 Å². The lowest BCUT2D eigenvalue weighted by atomic mass is 9.86. The summed E-state index contributed by atoms with van der Waals surface area (Å²) in [4.78, 5) is 0. The lowest BCUT2D eigenvalue weighted by Gasteiger charge is -2.29. The first-order valence-corrected chi connectivity index (χ1v) is 22.5. The Balaban J connectivity index is 0.000000582. The summed E-state index contributed by atoms with van der Waals surface area (Å²) in [6.07, 6.45) is 26.1. The van der Waals surface area contributed by atoms with E-state index < -0.39 is 0 Å². The summed E-state index contributed by atoms with van der Waals surface area (Å²) in [5.74, 6) is 0. The number of aliphatic hydroxyl groups excluding tert-OH is 4. The fourth-order valence-corrected chi connectivity index (χ4v) is 7.20. The van der Waals surface area contributed by atoms with E-state index in [9.17, 15) is 20.4 Å². The van der Waals surface area contributed by atoms with Crippen LogP contribution in [0.3, 0.4) is 0 Å². The van der Waals surface area contributed by atoms with Gasteiger partial charge in [-0.3, -0.25) is 0 Å². The molecule has 4 atom stereocenters. The normalized spacial score (nSPS) is 20.0. The second kappa shape index (κ2) is 29.0. The van der Waals surface area contributed by atoms with E-state index in [2.05, 4.69) is 27.7 Å². The Labute approximate surface area is 334 Å². The Morgan fingerprint density at radius 2 is 0.796 bits per heavy atom. The molecule has 0 aromatic heterocycles. The highest BCUT2D eigenvalue weighted by molar-refractivity contribution is 4.72. The van der Waals surface area contributed by atoms with Gasteiger partial charge in [-0.15, -0.1) is 0 Å².